The fraction of sp³-hybridized carbons (Fsp3) is 0.625. The Morgan fingerprint density at radius 1 is 1.22 bits per heavy atom. The van der Waals surface area contributed by atoms with E-state index in [-0.39, 0.29) is 6.61 Å². The van der Waals surface area contributed by atoms with Crippen molar-refractivity contribution < 1.29 is 5.11 Å². The van der Waals surface area contributed by atoms with Gasteiger partial charge < -0.3 is 10.4 Å². The smallest absolute Gasteiger partial charge is 0.0445 e. The minimum absolute atomic E-state index is 0.285. The number of aliphatic hydroxyl groups is 1. The predicted molar refractivity (Wildman–Crippen MR) is 75.7 cm³/mol. The van der Waals surface area contributed by atoms with Crippen molar-refractivity contribution in [2.24, 2.45) is 5.92 Å². The minimum Gasteiger partial charge on any atom is -0.396 e. The molecule has 18 heavy (non-hydrogen) atoms. The maximum absolute atomic E-state index is 9.15. The van der Waals surface area contributed by atoms with E-state index in [2.05, 4.69) is 44.3 Å². The van der Waals surface area contributed by atoms with Crippen LogP contribution >= 0.6 is 0 Å². The van der Waals surface area contributed by atoms with Crippen molar-refractivity contribution in [3.63, 3.8) is 0 Å². The summed E-state index contributed by atoms with van der Waals surface area (Å²) in [7, 11) is 0. The van der Waals surface area contributed by atoms with Crippen LogP contribution in [0.4, 0.5) is 0 Å². The molecule has 0 bridgehead atoms. The standard InChI is InChI=1S/C16H25NO/c1-11-8-12(2)10-15(9-11)13(3)17-16(6-7-18)14-4-5-14/h8-10,13-14,16-18H,4-7H2,1-3H3. The van der Waals surface area contributed by atoms with Gasteiger partial charge in [0.25, 0.3) is 0 Å². The number of aryl methyl sites for hydroxylation is 2. The van der Waals surface area contributed by atoms with Crippen molar-refractivity contribution in [2.75, 3.05) is 6.61 Å². The Balaban J connectivity index is 2.02. The fourth-order valence-corrected chi connectivity index (χ4v) is 2.77. The summed E-state index contributed by atoms with van der Waals surface area (Å²) in [4.78, 5) is 0. The lowest BCUT2D eigenvalue weighted by molar-refractivity contribution is 0.250. The summed E-state index contributed by atoms with van der Waals surface area (Å²) in [5.41, 5.74) is 4.00. The lowest BCUT2D eigenvalue weighted by Crippen LogP contribution is -2.34. The second kappa shape index (κ2) is 5.85. The van der Waals surface area contributed by atoms with Gasteiger partial charge in [-0.05, 0) is 51.5 Å². The van der Waals surface area contributed by atoms with E-state index in [4.69, 9.17) is 5.11 Å². The van der Waals surface area contributed by atoms with Gasteiger partial charge >= 0.3 is 0 Å². The first-order valence-corrected chi connectivity index (χ1v) is 7.05. The van der Waals surface area contributed by atoms with Gasteiger partial charge in [-0.3, -0.25) is 0 Å². The number of hydrogen-bond acceptors (Lipinski definition) is 2. The van der Waals surface area contributed by atoms with Crippen molar-refractivity contribution in [2.45, 2.75) is 52.1 Å². The maximum atomic E-state index is 9.15. The predicted octanol–water partition coefficient (Wildman–Crippen LogP) is 3.12. The second-order valence-electron chi connectivity index (χ2n) is 5.77. The van der Waals surface area contributed by atoms with Crippen LogP contribution < -0.4 is 5.32 Å². The molecule has 0 aromatic heterocycles. The number of benzene rings is 1. The Kier molecular flexibility index (Phi) is 4.41. The molecule has 0 spiro atoms. The zero-order valence-electron chi connectivity index (χ0n) is 11.7. The summed E-state index contributed by atoms with van der Waals surface area (Å²) in [6.45, 7) is 6.80. The largest absolute Gasteiger partial charge is 0.396 e. The molecule has 1 saturated carbocycles. The van der Waals surface area contributed by atoms with E-state index in [1.807, 2.05) is 0 Å². The third-order valence-corrected chi connectivity index (χ3v) is 3.84. The summed E-state index contributed by atoms with van der Waals surface area (Å²) in [6, 6.07) is 7.57. The molecule has 0 aliphatic heterocycles. The van der Waals surface area contributed by atoms with Gasteiger partial charge in [0.1, 0.15) is 0 Å². The van der Waals surface area contributed by atoms with Crippen LogP contribution in [0.25, 0.3) is 0 Å². The molecular weight excluding hydrogens is 222 g/mol. The van der Waals surface area contributed by atoms with Crippen LogP contribution in [0.1, 0.15) is 48.9 Å². The Morgan fingerprint density at radius 2 is 1.83 bits per heavy atom. The summed E-state index contributed by atoms with van der Waals surface area (Å²) in [6.07, 6.45) is 3.51. The molecule has 0 heterocycles. The Bertz CT molecular complexity index is 378. The quantitative estimate of drug-likeness (QED) is 0.809. The molecule has 2 N–H and O–H groups in total. The van der Waals surface area contributed by atoms with E-state index in [9.17, 15) is 0 Å². The van der Waals surface area contributed by atoms with Gasteiger partial charge in [-0.25, -0.2) is 0 Å². The molecule has 2 heteroatoms. The molecule has 1 aromatic carbocycles. The van der Waals surface area contributed by atoms with Gasteiger partial charge in [-0.1, -0.05) is 29.3 Å². The van der Waals surface area contributed by atoms with Gasteiger partial charge in [0.15, 0.2) is 0 Å². The van der Waals surface area contributed by atoms with Crippen molar-refractivity contribution in [3.8, 4) is 0 Å². The van der Waals surface area contributed by atoms with Crippen LogP contribution in [0.5, 0.6) is 0 Å². The summed E-state index contributed by atoms with van der Waals surface area (Å²) in [5, 5.41) is 12.8. The van der Waals surface area contributed by atoms with Crippen LogP contribution in [0.3, 0.4) is 0 Å². The highest BCUT2D eigenvalue weighted by atomic mass is 16.3. The molecule has 0 radical (unpaired) electrons. The van der Waals surface area contributed by atoms with E-state index < -0.39 is 0 Å². The molecule has 1 fully saturated rings. The Morgan fingerprint density at radius 3 is 2.33 bits per heavy atom. The molecule has 0 amide bonds. The van der Waals surface area contributed by atoms with E-state index in [0.29, 0.717) is 12.1 Å². The number of aliphatic hydroxyl groups excluding tert-OH is 1. The van der Waals surface area contributed by atoms with Crippen LogP contribution in [-0.2, 0) is 0 Å². The highest BCUT2D eigenvalue weighted by Gasteiger charge is 2.31. The molecule has 0 saturated heterocycles. The lowest BCUT2D eigenvalue weighted by Gasteiger charge is -2.23. The van der Waals surface area contributed by atoms with Crippen LogP contribution in [-0.4, -0.2) is 17.8 Å². The summed E-state index contributed by atoms with van der Waals surface area (Å²) >= 11 is 0. The first-order valence-electron chi connectivity index (χ1n) is 7.05. The summed E-state index contributed by atoms with van der Waals surface area (Å²) < 4.78 is 0. The topological polar surface area (TPSA) is 32.3 Å². The van der Waals surface area contributed by atoms with Gasteiger partial charge in [-0.2, -0.15) is 0 Å². The van der Waals surface area contributed by atoms with Gasteiger partial charge in [0.2, 0.25) is 0 Å². The van der Waals surface area contributed by atoms with Crippen molar-refractivity contribution in [1.29, 1.82) is 0 Å². The van der Waals surface area contributed by atoms with E-state index in [1.54, 1.807) is 0 Å². The van der Waals surface area contributed by atoms with Crippen LogP contribution in [0.2, 0.25) is 0 Å². The van der Waals surface area contributed by atoms with Crippen LogP contribution in [0, 0.1) is 19.8 Å². The molecule has 2 nitrogen and oxygen atoms in total. The van der Waals surface area contributed by atoms with Crippen molar-refractivity contribution in [1.82, 2.24) is 5.32 Å². The SMILES string of the molecule is Cc1cc(C)cc(C(C)NC(CCO)C2CC2)c1. The normalized spacial score (nSPS) is 18.7. The monoisotopic (exact) mass is 247 g/mol. The molecular formula is C16H25NO. The Hall–Kier alpha value is -0.860. The molecule has 1 aliphatic rings. The molecule has 2 unspecified atom stereocenters. The zero-order chi connectivity index (χ0) is 13.1. The fourth-order valence-electron chi connectivity index (χ4n) is 2.77. The summed E-state index contributed by atoms with van der Waals surface area (Å²) in [5.74, 6) is 0.783. The minimum atomic E-state index is 0.285. The first kappa shape index (κ1) is 13.6. The third kappa shape index (κ3) is 3.56. The molecule has 2 atom stereocenters. The Labute approximate surface area is 110 Å². The zero-order valence-corrected chi connectivity index (χ0v) is 11.7. The van der Waals surface area contributed by atoms with Gasteiger partial charge in [-0.15, -0.1) is 0 Å². The highest BCUT2D eigenvalue weighted by Crippen LogP contribution is 2.35. The van der Waals surface area contributed by atoms with Crippen LogP contribution in [0.15, 0.2) is 18.2 Å². The number of nitrogens with one attached hydrogen (secondary N) is 1. The number of hydrogen-bond donors (Lipinski definition) is 2. The average Bonchev–Trinajstić information content (AvgIpc) is 3.10. The maximum Gasteiger partial charge on any atom is 0.0445 e. The first-order chi connectivity index (χ1) is 8.60. The van der Waals surface area contributed by atoms with Crippen molar-refractivity contribution in [3.05, 3.63) is 34.9 Å². The highest BCUT2D eigenvalue weighted by molar-refractivity contribution is 5.30. The number of rotatable bonds is 6. The molecule has 100 valence electrons. The molecule has 1 aliphatic carbocycles. The molecule has 2 rings (SSSR count). The van der Waals surface area contributed by atoms with E-state index >= 15 is 0 Å². The molecule has 1 aromatic rings. The van der Waals surface area contributed by atoms with Gasteiger partial charge in [0, 0.05) is 18.7 Å². The average molecular weight is 247 g/mol. The van der Waals surface area contributed by atoms with E-state index in [1.165, 1.54) is 29.5 Å². The van der Waals surface area contributed by atoms with E-state index in [0.717, 1.165) is 12.3 Å². The second-order valence-corrected chi connectivity index (χ2v) is 5.77. The van der Waals surface area contributed by atoms with Crippen molar-refractivity contribution >= 4 is 0 Å². The van der Waals surface area contributed by atoms with Gasteiger partial charge in [0.05, 0.1) is 0 Å². The third-order valence-electron chi connectivity index (χ3n) is 3.84. The lowest BCUT2D eigenvalue weighted by atomic mass is 10.0.